The molecular formula is C16H26BrN3O. The van der Waals surface area contributed by atoms with Crippen LogP contribution in [0.3, 0.4) is 0 Å². The molecule has 1 aromatic rings. The maximum Gasteiger partial charge on any atom is 0.283 e. The van der Waals surface area contributed by atoms with E-state index < -0.39 is 0 Å². The van der Waals surface area contributed by atoms with E-state index >= 15 is 0 Å². The average Bonchev–Trinajstić information content (AvgIpc) is 2.43. The van der Waals surface area contributed by atoms with E-state index in [2.05, 4.69) is 47.1 Å². The van der Waals surface area contributed by atoms with E-state index in [4.69, 9.17) is 0 Å². The standard InChI is InChI=1S/C16H26BrN3O/c1-12(2)10-20-15(21)14(17)13(9-19-20)18-11-16(3)7-5-4-6-8-16/h9,12,18H,4-8,10-11H2,1-3H3. The van der Waals surface area contributed by atoms with Crippen LogP contribution >= 0.6 is 15.9 Å². The molecule has 1 saturated carbocycles. The molecule has 0 bridgehead atoms. The Morgan fingerprint density at radius 1 is 1.38 bits per heavy atom. The zero-order valence-corrected chi connectivity index (χ0v) is 14.9. The molecule has 0 radical (unpaired) electrons. The highest BCUT2D eigenvalue weighted by Crippen LogP contribution is 2.36. The van der Waals surface area contributed by atoms with Gasteiger partial charge < -0.3 is 5.32 Å². The van der Waals surface area contributed by atoms with Gasteiger partial charge in [0.15, 0.2) is 0 Å². The van der Waals surface area contributed by atoms with Gasteiger partial charge in [0, 0.05) is 13.1 Å². The van der Waals surface area contributed by atoms with Crippen molar-refractivity contribution in [1.82, 2.24) is 9.78 Å². The highest BCUT2D eigenvalue weighted by molar-refractivity contribution is 9.10. The van der Waals surface area contributed by atoms with Crippen LogP contribution in [0.15, 0.2) is 15.5 Å². The van der Waals surface area contributed by atoms with Crippen LogP contribution in [0.2, 0.25) is 0 Å². The molecule has 118 valence electrons. The monoisotopic (exact) mass is 355 g/mol. The van der Waals surface area contributed by atoms with E-state index in [0.29, 0.717) is 22.4 Å². The third-order valence-electron chi connectivity index (χ3n) is 4.29. The number of rotatable bonds is 5. The van der Waals surface area contributed by atoms with Crippen molar-refractivity contribution in [3.63, 3.8) is 0 Å². The maximum atomic E-state index is 12.3. The number of anilines is 1. The number of nitrogens with zero attached hydrogens (tertiary/aromatic N) is 2. The lowest BCUT2D eigenvalue weighted by Gasteiger charge is -2.34. The Balaban J connectivity index is 2.07. The average molecular weight is 356 g/mol. The van der Waals surface area contributed by atoms with Crippen molar-refractivity contribution in [1.29, 1.82) is 0 Å². The van der Waals surface area contributed by atoms with E-state index in [9.17, 15) is 4.79 Å². The van der Waals surface area contributed by atoms with Crippen molar-refractivity contribution in [2.24, 2.45) is 11.3 Å². The van der Waals surface area contributed by atoms with Crippen molar-refractivity contribution >= 4 is 21.6 Å². The lowest BCUT2D eigenvalue weighted by Crippen LogP contribution is -2.31. The molecule has 1 aliphatic carbocycles. The first-order valence-electron chi connectivity index (χ1n) is 7.91. The van der Waals surface area contributed by atoms with Crippen LogP contribution in [0.5, 0.6) is 0 Å². The normalized spacial score (nSPS) is 18.0. The summed E-state index contributed by atoms with van der Waals surface area (Å²) in [6.07, 6.45) is 8.26. The van der Waals surface area contributed by atoms with Gasteiger partial charge in [0.05, 0.1) is 11.9 Å². The van der Waals surface area contributed by atoms with Crippen LogP contribution in [0, 0.1) is 11.3 Å². The third-order valence-corrected chi connectivity index (χ3v) is 5.06. The van der Waals surface area contributed by atoms with Gasteiger partial charge in [0.2, 0.25) is 0 Å². The Hall–Kier alpha value is -0.840. The Labute approximate surface area is 135 Å². The topological polar surface area (TPSA) is 46.9 Å². The molecule has 1 aromatic heterocycles. The number of aromatic nitrogens is 2. The summed E-state index contributed by atoms with van der Waals surface area (Å²) in [5.41, 5.74) is 1.10. The second kappa shape index (κ2) is 6.95. The van der Waals surface area contributed by atoms with Crippen LogP contribution in [-0.2, 0) is 6.54 Å². The Kier molecular flexibility index (Phi) is 5.47. The molecule has 1 aliphatic rings. The fourth-order valence-corrected chi connectivity index (χ4v) is 3.40. The molecule has 0 spiro atoms. The van der Waals surface area contributed by atoms with Crippen LogP contribution < -0.4 is 10.9 Å². The molecule has 1 fully saturated rings. The first-order valence-corrected chi connectivity index (χ1v) is 8.70. The van der Waals surface area contributed by atoms with Crippen LogP contribution in [0.4, 0.5) is 5.69 Å². The lowest BCUT2D eigenvalue weighted by molar-refractivity contribution is 0.233. The van der Waals surface area contributed by atoms with Gasteiger partial charge in [0.25, 0.3) is 5.56 Å². The minimum Gasteiger partial charge on any atom is -0.382 e. The fourth-order valence-electron chi connectivity index (χ4n) is 2.95. The summed E-state index contributed by atoms with van der Waals surface area (Å²) in [5.74, 6) is 0.405. The van der Waals surface area contributed by atoms with Crippen molar-refractivity contribution in [3.05, 3.63) is 21.0 Å². The maximum absolute atomic E-state index is 12.3. The minimum atomic E-state index is -0.0532. The van der Waals surface area contributed by atoms with Crippen molar-refractivity contribution in [2.45, 2.75) is 59.4 Å². The molecule has 5 heteroatoms. The number of halogens is 1. The Morgan fingerprint density at radius 2 is 2.05 bits per heavy atom. The molecule has 2 rings (SSSR count). The van der Waals surface area contributed by atoms with Crippen LogP contribution in [0.25, 0.3) is 0 Å². The quantitative estimate of drug-likeness (QED) is 0.866. The van der Waals surface area contributed by atoms with Gasteiger partial charge >= 0.3 is 0 Å². The van der Waals surface area contributed by atoms with Crippen molar-refractivity contribution < 1.29 is 0 Å². The molecule has 0 aliphatic heterocycles. The van der Waals surface area contributed by atoms with E-state index in [1.165, 1.54) is 36.8 Å². The molecule has 4 nitrogen and oxygen atoms in total. The van der Waals surface area contributed by atoms with E-state index in [1.807, 2.05) is 0 Å². The van der Waals surface area contributed by atoms with Crippen LogP contribution in [-0.4, -0.2) is 16.3 Å². The Morgan fingerprint density at radius 3 is 2.67 bits per heavy atom. The summed E-state index contributed by atoms with van der Waals surface area (Å²) in [5, 5.41) is 7.70. The summed E-state index contributed by atoms with van der Waals surface area (Å²) in [6, 6.07) is 0. The molecule has 0 aromatic carbocycles. The molecule has 1 heterocycles. The van der Waals surface area contributed by atoms with Crippen molar-refractivity contribution in [3.8, 4) is 0 Å². The van der Waals surface area contributed by atoms with E-state index in [-0.39, 0.29) is 5.56 Å². The second-order valence-electron chi connectivity index (χ2n) is 6.98. The molecule has 1 N–H and O–H groups in total. The lowest BCUT2D eigenvalue weighted by atomic mass is 9.76. The molecule has 0 atom stereocenters. The molecular weight excluding hydrogens is 330 g/mol. The zero-order chi connectivity index (χ0) is 15.5. The summed E-state index contributed by atoms with van der Waals surface area (Å²) in [6.45, 7) is 8.05. The molecule has 21 heavy (non-hydrogen) atoms. The second-order valence-corrected chi connectivity index (χ2v) is 7.77. The minimum absolute atomic E-state index is 0.0532. The summed E-state index contributed by atoms with van der Waals surface area (Å²) >= 11 is 3.43. The SMILES string of the molecule is CC(C)Cn1ncc(NCC2(C)CCCCC2)c(Br)c1=O. The van der Waals surface area contributed by atoms with Gasteiger partial charge in [-0.3, -0.25) is 4.79 Å². The van der Waals surface area contributed by atoms with Crippen molar-refractivity contribution in [2.75, 3.05) is 11.9 Å². The van der Waals surface area contributed by atoms with Gasteiger partial charge in [-0.15, -0.1) is 0 Å². The van der Waals surface area contributed by atoms with E-state index in [0.717, 1.165) is 12.2 Å². The predicted molar refractivity (Wildman–Crippen MR) is 90.7 cm³/mol. The first kappa shape index (κ1) is 16.5. The summed E-state index contributed by atoms with van der Waals surface area (Å²) < 4.78 is 2.12. The van der Waals surface area contributed by atoms with Gasteiger partial charge in [-0.2, -0.15) is 5.10 Å². The molecule has 0 saturated heterocycles. The summed E-state index contributed by atoms with van der Waals surface area (Å²) in [7, 11) is 0. The number of hydrogen-bond donors (Lipinski definition) is 1. The van der Waals surface area contributed by atoms with Gasteiger partial charge in [0.1, 0.15) is 4.47 Å². The highest BCUT2D eigenvalue weighted by atomic mass is 79.9. The van der Waals surface area contributed by atoms with E-state index in [1.54, 1.807) is 6.20 Å². The fraction of sp³-hybridized carbons (Fsp3) is 0.750. The number of nitrogens with one attached hydrogen (secondary N) is 1. The highest BCUT2D eigenvalue weighted by Gasteiger charge is 2.26. The third kappa shape index (κ3) is 4.31. The van der Waals surface area contributed by atoms with Gasteiger partial charge in [-0.1, -0.05) is 40.0 Å². The molecule has 0 unspecified atom stereocenters. The van der Waals surface area contributed by atoms with Gasteiger partial charge in [-0.05, 0) is 40.1 Å². The summed E-state index contributed by atoms with van der Waals surface area (Å²) in [4.78, 5) is 12.3. The largest absolute Gasteiger partial charge is 0.382 e. The zero-order valence-electron chi connectivity index (χ0n) is 13.3. The molecule has 0 amide bonds. The Bertz CT molecular complexity index is 533. The van der Waals surface area contributed by atoms with Crippen LogP contribution in [0.1, 0.15) is 52.9 Å². The number of hydrogen-bond acceptors (Lipinski definition) is 3. The predicted octanol–water partition coefficient (Wildman–Crippen LogP) is 4.04. The van der Waals surface area contributed by atoms with Gasteiger partial charge in [-0.25, -0.2) is 4.68 Å². The first-order chi connectivity index (χ1) is 9.91. The smallest absolute Gasteiger partial charge is 0.283 e.